The van der Waals surface area contributed by atoms with E-state index in [-0.39, 0.29) is 12.0 Å². The average molecular weight is 471 g/mol. The highest BCUT2D eigenvalue weighted by atomic mass is 35.5. The number of fused-ring (bicyclic) bond motifs is 2. The summed E-state index contributed by atoms with van der Waals surface area (Å²) >= 11 is 18.1. The Bertz CT molecular complexity index is 893. The van der Waals surface area contributed by atoms with Crippen LogP contribution < -0.4 is 20.6 Å². The third kappa shape index (κ3) is 5.94. The number of allylic oxidation sites excluding steroid dienone is 2. The van der Waals surface area contributed by atoms with Crippen LogP contribution in [-0.2, 0) is 0 Å². The second kappa shape index (κ2) is 11.4. The average Bonchev–Trinajstić information content (AvgIpc) is 2.73. The lowest BCUT2D eigenvalue weighted by atomic mass is 9.88. The first-order valence-corrected chi connectivity index (χ1v) is 11.9. The molecule has 0 spiro atoms. The fourth-order valence-corrected chi connectivity index (χ4v) is 4.71. The van der Waals surface area contributed by atoms with Crippen molar-refractivity contribution >= 4 is 40.5 Å². The minimum atomic E-state index is 0.0148. The summed E-state index contributed by atoms with van der Waals surface area (Å²) in [5.41, 5.74) is 1.19. The van der Waals surface area contributed by atoms with Gasteiger partial charge in [0, 0.05) is 52.8 Å². The van der Waals surface area contributed by atoms with E-state index in [1.807, 2.05) is 24.3 Å². The summed E-state index contributed by atoms with van der Waals surface area (Å²) in [6, 6.07) is 6.38. The number of rotatable bonds is 11. The van der Waals surface area contributed by atoms with Gasteiger partial charge >= 0.3 is 0 Å². The van der Waals surface area contributed by atoms with Crippen LogP contribution in [0.25, 0.3) is 5.70 Å². The van der Waals surface area contributed by atoms with Gasteiger partial charge in [0.25, 0.3) is 0 Å². The maximum Gasteiger partial charge on any atom is 0.119 e. The SMILES string of the molecule is COc1ccc2c(c1)=C(NC(C)CCCN(CCCl)CCCl)C1C=CC(Cl)=CC1N=2. The number of nitrogens with zero attached hydrogens (tertiary/aromatic N) is 2. The van der Waals surface area contributed by atoms with Crippen LogP contribution in [0.5, 0.6) is 5.75 Å². The fraction of sp³-hybridized carbons (Fsp3) is 0.522. The molecule has 7 heteroatoms. The van der Waals surface area contributed by atoms with Crippen molar-refractivity contribution in [2.75, 3.05) is 38.5 Å². The molecule has 4 nitrogen and oxygen atoms in total. The van der Waals surface area contributed by atoms with Crippen molar-refractivity contribution in [2.24, 2.45) is 10.9 Å². The van der Waals surface area contributed by atoms with E-state index in [9.17, 15) is 0 Å². The van der Waals surface area contributed by atoms with Gasteiger partial charge in [-0.1, -0.05) is 17.7 Å². The fourth-order valence-electron chi connectivity index (χ4n) is 4.03. The maximum absolute atomic E-state index is 6.26. The Morgan fingerprint density at radius 1 is 1.20 bits per heavy atom. The smallest absolute Gasteiger partial charge is 0.119 e. The Balaban J connectivity index is 1.77. The molecule has 0 bridgehead atoms. The third-order valence-corrected chi connectivity index (χ3v) is 6.18. The van der Waals surface area contributed by atoms with E-state index in [1.165, 1.54) is 5.70 Å². The molecule has 2 aliphatic rings. The van der Waals surface area contributed by atoms with Gasteiger partial charge in [-0.2, -0.15) is 0 Å². The van der Waals surface area contributed by atoms with Crippen LogP contribution in [0.2, 0.25) is 0 Å². The number of alkyl halides is 2. The standard InChI is InChI=1S/C23H30Cl3N3O/c1-16(4-3-11-29(12-9-24)13-10-25)27-23-19-7-5-17(26)14-22(19)28-21-8-6-18(30-2)15-20(21)23/h5-8,14-16,19,22,27H,3-4,9-13H2,1-2H3. The Morgan fingerprint density at radius 2 is 1.97 bits per heavy atom. The van der Waals surface area contributed by atoms with E-state index < -0.39 is 0 Å². The summed E-state index contributed by atoms with van der Waals surface area (Å²) in [6.07, 6.45) is 8.28. The van der Waals surface area contributed by atoms with Crippen molar-refractivity contribution in [1.82, 2.24) is 10.2 Å². The second-order valence-corrected chi connectivity index (χ2v) is 8.95. The largest absolute Gasteiger partial charge is 0.497 e. The molecule has 0 saturated carbocycles. The number of ether oxygens (including phenoxy) is 1. The van der Waals surface area contributed by atoms with E-state index in [0.717, 1.165) is 53.8 Å². The van der Waals surface area contributed by atoms with Crippen LogP contribution in [0.15, 0.2) is 46.5 Å². The van der Waals surface area contributed by atoms with Gasteiger partial charge in [-0.3, -0.25) is 4.99 Å². The van der Waals surface area contributed by atoms with E-state index in [2.05, 4.69) is 29.3 Å². The molecule has 3 unspecified atom stereocenters. The number of halogens is 3. The van der Waals surface area contributed by atoms with Crippen LogP contribution in [0, 0.1) is 5.92 Å². The lowest BCUT2D eigenvalue weighted by Gasteiger charge is -2.31. The number of nitrogens with one attached hydrogen (secondary N) is 1. The monoisotopic (exact) mass is 469 g/mol. The number of methoxy groups -OCH3 is 1. The molecule has 1 heterocycles. The molecule has 3 rings (SSSR count). The van der Waals surface area contributed by atoms with Crippen LogP contribution in [0.3, 0.4) is 0 Å². The first kappa shape index (κ1) is 23.5. The van der Waals surface area contributed by atoms with Gasteiger partial charge in [0.1, 0.15) is 5.75 Å². The first-order valence-electron chi connectivity index (χ1n) is 10.5. The highest BCUT2D eigenvalue weighted by molar-refractivity contribution is 6.31. The molecule has 1 aromatic rings. The Kier molecular flexibility index (Phi) is 8.94. The quantitative estimate of drug-likeness (QED) is 0.502. The van der Waals surface area contributed by atoms with Crippen LogP contribution >= 0.6 is 34.8 Å². The molecule has 0 fully saturated rings. The van der Waals surface area contributed by atoms with Crippen LogP contribution in [0.1, 0.15) is 19.8 Å². The van der Waals surface area contributed by atoms with E-state index in [0.29, 0.717) is 17.8 Å². The van der Waals surface area contributed by atoms with Gasteiger partial charge in [0.2, 0.25) is 0 Å². The molecule has 1 aliphatic carbocycles. The van der Waals surface area contributed by atoms with Gasteiger partial charge in [0.15, 0.2) is 0 Å². The van der Waals surface area contributed by atoms with Gasteiger partial charge < -0.3 is 15.0 Å². The summed E-state index contributed by atoms with van der Waals surface area (Å²) in [6.45, 7) is 4.99. The Labute approximate surface area is 194 Å². The summed E-state index contributed by atoms with van der Waals surface area (Å²) in [4.78, 5) is 7.24. The Morgan fingerprint density at radius 3 is 2.67 bits per heavy atom. The summed E-state index contributed by atoms with van der Waals surface area (Å²) in [7, 11) is 1.69. The molecule has 1 aromatic carbocycles. The summed E-state index contributed by atoms with van der Waals surface area (Å²) in [5, 5.41) is 6.60. The molecular weight excluding hydrogens is 441 g/mol. The van der Waals surface area contributed by atoms with E-state index >= 15 is 0 Å². The minimum Gasteiger partial charge on any atom is -0.497 e. The highest BCUT2D eigenvalue weighted by Crippen LogP contribution is 2.28. The minimum absolute atomic E-state index is 0.0148. The van der Waals surface area contributed by atoms with Crippen molar-refractivity contribution < 1.29 is 4.74 Å². The molecule has 0 saturated heterocycles. The Hall–Kier alpha value is -1.20. The van der Waals surface area contributed by atoms with Crippen molar-refractivity contribution in [2.45, 2.75) is 31.8 Å². The van der Waals surface area contributed by atoms with Crippen molar-refractivity contribution in [3.05, 3.63) is 52.0 Å². The predicted octanol–water partition coefficient (Wildman–Crippen LogP) is 3.65. The van der Waals surface area contributed by atoms with Gasteiger partial charge in [-0.05, 0) is 56.7 Å². The lowest BCUT2D eigenvalue weighted by Crippen LogP contribution is -2.45. The molecule has 1 aliphatic heterocycles. The van der Waals surface area contributed by atoms with Crippen molar-refractivity contribution in [1.29, 1.82) is 0 Å². The second-order valence-electron chi connectivity index (χ2n) is 7.76. The molecule has 30 heavy (non-hydrogen) atoms. The van der Waals surface area contributed by atoms with Gasteiger partial charge in [-0.15, -0.1) is 23.2 Å². The normalized spacial score (nSPS) is 20.9. The molecule has 0 radical (unpaired) electrons. The lowest BCUT2D eigenvalue weighted by molar-refractivity contribution is 0.295. The zero-order valence-electron chi connectivity index (χ0n) is 17.6. The first-order chi connectivity index (χ1) is 14.5. The zero-order valence-corrected chi connectivity index (χ0v) is 19.9. The van der Waals surface area contributed by atoms with Crippen LogP contribution in [-0.4, -0.2) is 55.5 Å². The summed E-state index contributed by atoms with van der Waals surface area (Å²) in [5.74, 6) is 2.26. The van der Waals surface area contributed by atoms with Crippen molar-refractivity contribution in [3.63, 3.8) is 0 Å². The zero-order chi connectivity index (χ0) is 21.5. The summed E-state index contributed by atoms with van der Waals surface area (Å²) < 4.78 is 5.46. The van der Waals surface area contributed by atoms with Crippen molar-refractivity contribution in [3.8, 4) is 5.75 Å². The molecule has 3 atom stereocenters. The number of benzene rings is 1. The van der Waals surface area contributed by atoms with Gasteiger partial charge in [0.05, 0.1) is 18.5 Å². The maximum atomic E-state index is 6.26. The van der Waals surface area contributed by atoms with E-state index in [4.69, 9.17) is 44.5 Å². The third-order valence-electron chi connectivity index (χ3n) is 5.59. The molecule has 0 aromatic heterocycles. The molecule has 1 N–H and O–H groups in total. The van der Waals surface area contributed by atoms with E-state index in [1.54, 1.807) is 7.11 Å². The molecule has 0 amide bonds. The molecule has 164 valence electrons. The van der Waals surface area contributed by atoms with Gasteiger partial charge in [-0.25, -0.2) is 0 Å². The molecular formula is C23H30Cl3N3O. The highest BCUT2D eigenvalue weighted by Gasteiger charge is 2.28. The number of hydrogen-bond acceptors (Lipinski definition) is 4. The topological polar surface area (TPSA) is 36.9 Å². The predicted molar refractivity (Wildman–Crippen MR) is 127 cm³/mol. The van der Waals surface area contributed by atoms with Crippen LogP contribution in [0.4, 0.5) is 0 Å². The number of hydrogen-bond donors (Lipinski definition) is 1.